The molecule has 0 radical (unpaired) electrons. The summed E-state index contributed by atoms with van der Waals surface area (Å²) in [6.45, 7) is 2.57. The summed E-state index contributed by atoms with van der Waals surface area (Å²) in [4.78, 5) is 29.6. The molecule has 2 aromatic heterocycles. The SMILES string of the molecule is Cn1nc(C(=O)N2CCN(c3nnccc3C3CC3)CC2)c2ccccc2c1=O. The monoisotopic (exact) mass is 390 g/mol. The van der Waals surface area contributed by atoms with Crippen molar-refractivity contribution in [3.63, 3.8) is 0 Å². The van der Waals surface area contributed by atoms with Crippen molar-refractivity contribution in [2.24, 2.45) is 7.05 Å². The van der Waals surface area contributed by atoms with Crippen LogP contribution in [-0.4, -0.2) is 57.0 Å². The summed E-state index contributed by atoms with van der Waals surface area (Å²) in [6, 6.07) is 9.22. The highest BCUT2D eigenvalue weighted by Gasteiger charge is 2.31. The first kappa shape index (κ1) is 17.8. The summed E-state index contributed by atoms with van der Waals surface area (Å²) in [5.74, 6) is 1.41. The van der Waals surface area contributed by atoms with E-state index >= 15 is 0 Å². The maximum absolute atomic E-state index is 13.2. The van der Waals surface area contributed by atoms with Crippen LogP contribution in [0.5, 0.6) is 0 Å². The lowest BCUT2D eigenvalue weighted by Gasteiger charge is -2.35. The fourth-order valence-electron chi connectivity index (χ4n) is 4.02. The van der Waals surface area contributed by atoms with Gasteiger partial charge in [0.05, 0.1) is 11.6 Å². The number of amides is 1. The van der Waals surface area contributed by atoms with Crippen molar-refractivity contribution in [3.05, 3.63) is 58.1 Å². The van der Waals surface area contributed by atoms with Crippen LogP contribution in [0.3, 0.4) is 0 Å². The number of hydrogen-bond donors (Lipinski definition) is 0. The number of anilines is 1. The van der Waals surface area contributed by atoms with Gasteiger partial charge in [0.15, 0.2) is 11.5 Å². The van der Waals surface area contributed by atoms with Crippen molar-refractivity contribution < 1.29 is 4.79 Å². The van der Waals surface area contributed by atoms with Crippen molar-refractivity contribution >= 4 is 22.5 Å². The van der Waals surface area contributed by atoms with E-state index in [4.69, 9.17) is 0 Å². The van der Waals surface area contributed by atoms with Gasteiger partial charge < -0.3 is 9.80 Å². The van der Waals surface area contributed by atoms with E-state index in [1.165, 1.54) is 23.1 Å². The molecule has 0 N–H and O–H groups in total. The molecule has 3 aromatic rings. The normalized spacial score (nSPS) is 17.0. The molecule has 148 valence electrons. The van der Waals surface area contributed by atoms with E-state index < -0.39 is 0 Å². The number of hydrogen-bond acceptors (Lipinski definition) is 6. The number of aromatic nitrogens is 4. The average molecular weight is 390 g/mol. The molecule has 1 amide bonds. The third-order valence-corrected chi connectivity index (χ3v) is 5.77. The molecule has 0 atom stereocenters. The number of aryl methyl sites for hydroxylation is 1. The molecule has 0 unspecified atom stereocenters. The highest BCUT2D eigenvalue weighted by Crippen LogP contribution is 2.43. The Kier molecular flexibility index (Phi) is 4.26. The maximum atomic E-state index is 13.2. The Morgan fingerprint density at radius 2 is 1.76 bits per heavy atom. The average Bonchev–Trinajstić information content (AvgIpc) is 3.61. The summed E-state index contributed by atoms with van der Waals surface area (Å²) in [7, 11) is 1.58. The molecular weight excluding hydrogens is 368 g/mol. The maximum Gasteiger partial charge on any atom is 0.275 e. The van der Waals surface area contributed by atoms with Gasteiger partial charge in [-0.25, -0.2) is 4.68 Å². The van der Waals surface area contributed by atoms with E-state index in [0.29, 0.717) is 48.6 Å². The summed E-state index contributed by atoms with van der Waals surface area (Å²) in [5.41, 5.74) is 1.40. The number of nitrogens with zero attached hydrogens (tertiary/aromatic N) is 6. The predicted molar refractivity (Wildman–Crippen MR) is 109 cm³/mol. The molecule has 5 rings (SSSR count). The zero-order chi connectivity index (χ0) is 20.0. The smallest absolute Gasteiger partial charge is 0.275 e. The fraction of sp³-hybridized carbons (Fsp3) is 0.381. The molecule has 1 saturated heterocycles. The first-order chi connectivity index (χ1) is 14.1. The van der Waals surface area contributed by atoms with Crippen LogP contribution in [0.15, 0.2) is 41.3 Å². The van der Waals surface area contributed by atoms with Gasteiger partial charge in [-0.3, -0.25) is 9.59 Å². The molecule has 1 saturated carbocycles. The van der Waals surface area contributed by atoms with Crippen LogP contribution >= 0.6 is 0 Å². The molecule has 8 heteroatoms. The van der Waals surface area contributed by atoms with Crippen molar-refractivity contribution in [1.29, 1.82) is 0 Å². The Balaban J connectivity index is 1.38. The van der Waals surface area contributed by atoms with Crippen LogP contribution in [0, 0.1) is 0 Å². The van der Waals surface area contributed by atoms with Gasteiger partial charge in [0.25, 0.3) is 11.5 Å². The van der Waals surface area contributed by atoms with E-state index in [1.807, 2.05) is 11.0 Å². The molecule has 2 fully saturated rings. The topological polar surface area (TPSA) is 84.2 Å². The Bertz CT molecular complexity index is 1150. The fourth-order valence-corrected chi connectivity index (χ4v) is 4.02. The number of carbonyl (C=O) groups is 1. The van der Waals surface area contributed by atoms with Crippen LogP contribution in [-0.2, 0) is 7.05 Å². The van der Waals surface area contributed by atoms with Gasteiger partial charge in [-0.05, 0) is 30.9 Å². The minimum absolute atomic E-state index is 0.141. The largest absolute Gasteiger partial charge is 0.351 e. The van der Waals surface area contributed by atoms with Gasteiger partial charge >= 0.3 is 0 Å². The van der Waals surface area contributed by atoms with E-state index in [1.54, 1.807) is 31.4 Å². The Morgan fingerprint density at radius 3 is 2.48 bits per heavy atom. The number of carbonyl (C=O) groups excluding carboxylic acids is 1. The Labute approximate surface area is 167 Å². The van der Waals surface area contributed by atoms with E-state index in [9.17, 15) is 9.59 Å². The second-order valence-electron chi connectivity index (χ2n) is 7.69. The van der Waals surface area contributed by atoms with Gasteiger partial charge in [-0.15, -0.1) is 5.10 Å². The van der Waals surface area contributed by atoms with Crippen molar-refractivity contribution in [3.8, 4) is 0 Å². The minimum atomic E-state index is -0.197. The lowest BCUT2D eigenvalue weighted by Crippen LogP contribution is -2.49. The zero-order valence-electron chi connectivity index (χ0n) is 16.3. The molecule has 8 nitrogen and oxygen atoms in total. The first-order valence-electron chi connectivity index (χ1n) is 9.95. The minimum Gasteiger partial charge on any atom is -0.351 e. The molecule has 3 heterocycles. The standard InChI is InChI=1S/C21H22N6O2/c1-25-20(28)17-5-3-2-4-16(17)18(24-25)21(29)27-12-10-26(11-13-27)19-15(14-6-7-14)8-9-22-23-19/h2-5,8-9,14H,6-7,10-13H2,1H3. The van der Waals surface area contributed by atoms with Gasteiger partial charge in [0.2, 0.25) is 0 Å². The van der Waals surface area contributed by atoms with Gasteiger partial charge in [-0.2, -0.15) is 10.2 Å². The highest BCUT2D eigenvalue weighted by molar-refractivity contribution is 6.04. The number of fused-ring (bicyclic) bond motifs is 1. The third kappa shape index (κ3) is 3.14. The van der Waals surface area contributed by atoms with E-state index in [2.05, 4.69) is 26.3 Å². The second-order valence-corrected chi connectivity index (χ2v) is 7.69. The van der Waals surface area contributed by atoms with Crippen molar-refractivity contribution in [2.45, 2.75) is 18.8 Å². The van der Waals surface area contributed by atoms with Gasteiger partial charge in [0.1, 0.15) is 0 Å². The van der Waals surface area contributed by atoms with Crippen LogP contribution in [0.1, 0.15) is 34.8 Å². The van der Waals surface area contributed by atoms with Crippen molar-refractivity contribution in [2.75, 3.05) is 31.1 Å². The molecule has 1 aliphatic carbocycles. The number of benzene rings is 1. The lowest BCUT2D eigenvalue weighted by atomic mass is 10.1. The Hall–Kier alpha value is -3.29. The summed E-state index contributed by atoms with van der Waals surface area (Å²) in [6.07, 6.45) is 4.18. The van der Waals surface area contributed by atoms with Crippen LogP contribution < -0.4 is 10.5 Å². The first-order valence-corrected chi connectivity index (χ1v) is 9.95. The van der Waals surface area contributed by atoms with Crippen LogP contribution in [0.25, 0.3) is 10.8 Å². The molecule has 1 aromatic carbocycles. The predicted octanol–water partition coefficient (Wildman–Crippen LogP) is 1.56. The molecule has 0 spiro atoms. The van der Waals surface area contributed by atoms with Gasteiger partial charge in [-0.1, -0.05) is 18.2 Å². The van der Waals surface area contributed by atoms with Crippen LogP contribution in [0.2, 0.25) is 0 Å². The lowest BCUT2D eigenvalue weighted by molar-refractivity contribution is 0.0740. The van der Waals surface area contributed by atoms with Crippen LogP contribution in [0.4, 0.5) is 5.82 Å². The summed E-state index contributed by atoms with van der Waals surface area (Å²) in [5, 5.41) is 13.8. The molecule has 0 bridgehead atoms. The second kappa shape index (κ2) is 6.95. The zero-order valence-corrected chi connectivity index (χ0v) is 16.3. The summed E-state index contributed by atoms with van der Waals surface area (Å²) < 4.78 is 1.24. The summed E-state index contributed by atoms with van der Waals surface area (Å²) >= 11 is 0. The highest BCUT2D eigenvalue weighted by atomic mass is 16.2. The molecular formula is C21H22N6O2. The molecule has 2 aliphatic rings. The Morgan fingerprint density at radius 1 is 1.03 bits per heavy atom. The van der Waals surface area contributed by atoms with E-state index in [-0.39, 0.29) is 11.5 Å². The molecule has 29 heavy (non-hydrogen) atoms. The third-order valence-electron chi connectivity index (χ3n) is 5.77. The number of piperazine rings is 1. The van der Waals surface area contributed by atoms with E-state index in [0.717, 1.165) is 5.82 Å². The number of rotatable bonds is 3. The van der Waals surface area contributed by atoms with Crippen molar-refractivity contribution in [1.82, 2.24) is 24.9 Å². The quantitative estimate of drug-likeness (QED) is 0.675. The molecule has 1 aliphatic heterocycles. The van der Waals surface area contributed by atoms with Gasteiger partial charge in [0, 0.05) is 44.2 Å².